The van der Waals surface area contributed by atoms with Gasteiger partial charge in [-0.25, -0.2) is 9.55 Å². The molecule has 194 valence electrons. The maximum absolute atomic E-state index is 3.68. The summed E-state index contributed by atoms with van der Waals surface area (Å²) in [5, 5.41) is 0. The van der Waals surface area contributed by atoms with E-state index >= 15 is 0 Å². The molecule has 2 nitrogen and oxygen atoms in total. The number of unbranched alkanes of at least 4 members (excludes halogenated alkanes) is 16. The molecule has 1 heterocycles. The van der Waals surface area contributed by atoms with Gasteiger partial charge in [0.2, 0.25) is 0 Å². The summed E-state index contributed by atoms with van der Waals surface area (Å²) in [6.07, 6.45) is 35.3. The maximum atomic E-state index is 3.68. The Morgan fingerprint density at radius 1 is 0.576 bits per heavy atom. The molecule has 0 aliphatic carbocycles. The Bertz CT molecular complexity index is 521. The van der Waals surface area contributed by atoms with Crippen LogP contribution in [0, 0.1) is 0 Å². The fourth-order valence-corrected chi connectivity index (χ4v) is 5.37. The normalized spacial score (nSPS) is 13.5. The number of hydrogen-bond acceptors (Lipinski definition) is 0. The van der Waals surface area contributed by atoms with Crippen LogP contribution in [0.4, 0.5) is 0 Å². The van der Waals surface area contributed by atoms with Crippen molar-refractivity contribution < 1.29 is 4.57 Å². The molecule has 0 amide bonds. The second-order valence-electron chi connectivity index (χ2n) is 10.8. The first-order valence-corrected chi connectivity index (χ1v) is 15.3. The van der Waals surface area contributed by atoms with Gasteiger partial charge < -0.3 is 0 Å². The molecule has 2 unspecified atom stereocenters. The van der Waals surface area contributed by atoms with Crippen LogP contribution in [0.2, 0.25) is 0 Å². The summed E-state index contributed by atoms with van der Waals surface area (Å²) >= 11 is 0. The third-order valence-electron chi connectivity index (χ3n) is 7.64. The number of aromatic nitrogens is 2. The monoisotopic (exact) mass is 461 g/mol. The Labute approximate surface area is 208 Å². The highest BCUT2D eigenvalue weighted by molar-refractivity contribution is 4.90. The quantitative estimate of drug-likeness (QED) is 0.117. The van der Waals surface area contributed by atoms with Crippen molar-refractivity contribution in [2.75, 3.05) is 0 Å². The van der Waals surface area contributed by atoms with Gasteiger partial charge in [-0.05, 0) is 32.6 Å². The van der Waals surface area contributed by atoms with Gasteiger partial charge in [0, 0.05) is 0 Å². The molecular formula is C31H61N2+. The van der Waals surface area contributed by atoms with Gasteiger partial charge in [-0.15, -0.1) is 0 Å². The SMILES string of the molecule is CCCCCCCCCCCCC(CCCCC)c1[nH]cc[n+]1C(C)CCCCCCCC. The number of nitrogens with zero attached hydrogens (tertiary/aromatic N) is 1. The Hall–Kier alpha value is -0.790. The Balaban J connectivity index is 2.41. The molecule has 0 spiro atoms. The molecule has 1 N–H and O–H groups in total. The molecule has 0 bridgehead atoms. The number of hydrogen-bond donors (Lipinski definition) is 1. The van der Waals surface area contributed by atoms with E-state index in [0.29, 0.717) is 12.0 Å². The highest BCUT2D eigenvalue weighted by atomic mass is 15.1. The number of rotatable bonds is 24. The van der Waals surface area contributed by atoms with Crippen LogP contribution in [0.3, 0.4) is 0 Å². The van der Waals surface area contributed by atoms with E-state index in [-0.39, 0.29) is 0 Å². The highest BCUT2D eigenvalue weighted by Crippen LogP contribution is 2.27. The minimum Gasteiger partial charge on any atom is -0.247 e. The molecule has 0 saturated heterocycles. The topological polar surface area (TPSA) is 19.7 Å². The molecule has 0 aliphatic rings. The number of imidazole rings is 1. The van der Waals surface area contributed by atoms with Crippen molar-refractivity contribution in [3.8, 4) is 0 Å². The van der Waals surface area contributed by atoms with Gasteiger partial charge in [-0.2, -0.15) is 0 Å². The number of nitrogens with one attached hydrogen (secondary N) is 1. The van der Waals surface area contributed by atoms with Crippen molar-refractivity contribution in [3.05, 3.63) is 18.2 Å². The molecule has 1 aromatic rings. The lowest BCUT2D eigenvalue weighted by atomic mass is 9.93. The predicted molar refractivity (Wildman–Crippen MR) is 147 cm³/mol. The molecule has 0 saturated carbocycles. The summed E-state index contributed by atoms with van der Waals surface area (Å²) in [5.74, 6) is 2.23. The van der Waals surface area contributed by atoms with Crippen LogP contribution in [-0.4, -0.2) is 4.98 Å². The van der Waals surface area contributed by atoms with Gasteiger partial charge in [0.15, 0.2) is 0 Å². The van der Waals surface area contributed by atoms with E-state index in [1.807, 2.05) is 0 Å². The van der Waals surface area contributed by atoms with Crippen molar-refractivity contribution in [2.45, 2.75) is 181 Å². The van der Waals surface area contributed by atoms with Gasteiger partial charge in [0.1, 0.15) is 12.4 Å². The fraction of sp³-hybridized carbons (Fsp3) is 0.903. The summed E-state index contributed by atoms with van der Waals surface area (Å²) in [4.78, 5) is 3.68. The number of H-pyrrole nitrogens is 1. The van der Waals surface area contributed by atoms with Crippen LogP contribution in [0.5, 0.6) is 0 Å². The van der Waals surface area contributed by atoms with E-state index in [1.54, 1.807) is 0 Å². The van der Waals surface area contributed by atoms with E-state index in [2.05, 4.69) is 49.6 Å². The van der Waals surface area contributed by atoms with Crippen LogP contribution >= 0.6 is 0 Å². The summed E-state index contributed by atoms with van der Waals surface area (Å²) < 4.78 is 2.60. The van der Waals surface area contributed by atoms with E-state index in [0.717, 1.165) is 0 Å². The Kier molecular flexibility index (Phi) is 19.9. The molecule has 0 aromatic carbocycles. The first-order chi connectivity index (χ1) is 16.2. The smallest absolute Gasteiger partial charge is 0.247 e. The zero-order valence-corrected chi connectivity index (χ0v) is 23.3. The largest absolute Gasteiger partial charge is 0.257 e. The standard InChI is InChI=1S/C31H60N2/c1-5-8-11-13-15-16-17-18-20-23-26-30(25-21-10-7-3)31-32-27-28-33(31)29(4)24-22-19-14-12-9-6-2/h27-30H,5-26H2,1-4H3/p+1. The van der Waals surface area contributed by atoms with Crippen molar-refractivity contribution in [1.29, 1.82) is 0 Å². The van der Waals surface area contributed by atoms with Crippen LogP contribution in [-0.2, 0) is 0 Å². The lowest BCUT2D eigenvalue weighted by molar-refractivity contribution is -0.727. The lowest BCUT2D eigenvalue weighted by Gasteiger charge is -2.17. The number of aromatic amines is 1. The Morgan fingerprint density at radius 2 is 0.970 bits per heavy atom. The van der Waals surface area contributed by atoms with E-state index in [9.17, 15) is 0 Å². The average Bonchev–Trinajstić information content (AvgIpc) is 3.31. The molecule has 0 aliphatic heterocycles. The van der Waals surface area contributed by atoms with Gasteiger partial charge in [-0.1, -0.05) is 136 Å². The van der Waals surface area contributed by atoms with Gasteiger partial charge >= 0.3 is 0 Å². The van der Waals surface area contributed by atoms with Gasteiger partial charge in [0.05, 0.1) is 12.0 Å². The van der Waals surface area contributed by atoms with Crippen molar-refractivity contribution in [3.63, 3.8) is 0 Å². The minimum atomic E-state index is 0.624. The van der Waals surface area contributed by atoms with E-state index < -0.39 is 0 Å². The second-order valence-corrected chi connectivity index (χ2v) is 10.8. The molecule has 2 atom stereocenters. The molecule has 1 rings (SSSR count). The van der Waals surface area contributed by atoms with E-state index in [1.165, 1.54) is 147 Å². The lowest BCUT2D eigenvalue weighted by Crippen LogP contribution is -2.41. The summed E-state index contributed by atoms with van der Waals surface area (Å²) in [5.41, 5.74) is 0. The first-order valence-electron chi connectivity index (χ1n) is 15.3. The fourth-order valence-electron chi connectivity index (χ4n) is 5.37. The van der Waals surface area contributed by atoms with Crippen LogP contribution in [0.15, 0.2) is 12.4 Å². The highest BCUT2D eigenvalue weighted by Gasteiger charge is 2.25. The molecule has 0 fully saturated rings. The van der Waals surface area contributed by atoms with E-state index in [4.69, 9.17) is 0 Å². The third kappa shape index (κ3) is 14.9. The van der Waals surface area contributed by atoms with Gasteiger partial charge in [-0.3, -0.25) is 0 Å². The zero-order valence-electron chi connectivity index (χ0n) is 23.3. The molecule has 2 heteroatoms. The third-order valence-corrected chi connectivity index (χ3v) is 7.64. The summed E-state index contributed by atoms with van der Waals surface area (Å²) in [7, 11) is 0. The minimum absolute atomic E-state index is 0.624. The molecular weight excluding hydrogens is 400 g/mol. The average molecular weight is 462 g/mol. The van der Waals surface area contributed by atoms with Crippen molar-refractivity contribution in [2.24, 2.45) is 0 Å². The van der Waals surface area contributed by atoms with Crippen LogP contribution in [0.1, 0.15) is 187 Å². The van der Waals surface area contributed by atoms with Crippen molar-refractivity contribution >= 4 is 0 Å². The summed E-state index contributed by atoms with van der Waals surface area (Å²) in [6.45, 7) is 9.38. The van der Waals surface area contributed by atoms with Crippen LogP contribution < -0.4 is 4.57 Å². The Morgan fingerprint density at radius 3 is 1.48 bits per heavy atom. The predicted octanol–water partition coefficient (Wildman–Crippen LogP) is 10.6. The molecule has 33 heavy (non-hydrogen) atoms. The van der Waals surface area contributed by atoms with Crippen molar-refractivity contribution in [1.82, 2.24) is 4.98 Å². The molecule has 0 radical (unpaired) electrons. The first kappa shape index (κ1) is 30.2. The second kappa shape index (κ2) is 21.7. The van der Waals surface area contributed by atoms with Gasteiger partial charge in [0.25, 0.3) is 5.82 Å². The molecule has 1 aromatic heterocycles. The summed E-state index contributed by atoms with van der Waals surface area (Å²) in [6, 6.07) is 0.624. The zero-order chi connectivity index (χ0) is 24.0. The maximum Gasteiger partial charge on any atom is 0.257 e. The van der Waals surface area contributed by atoms with Crippen LogP contribution in [0.25, 0.3) is 0 Å².